The van der Waals surface area contributed by atoms with E-state index in [9.17, 15) is 0 Å². The summed E-state index contributed by atoms with van der Waals surface area (Å²) in [6.45, 7) is 2.24. The molecule has 0 aromatic carbocycles. The number of hydrogen-bond acceptors (Lipinski definition) is 3. The minimum absolute atomic E-state index is 0.0211. The van der Waals surface area contributed by atoms with Gasteiger partial charge in [-0.05, 0) is 31.6 Å². The fourth-order valence-corrected chi connectivity index (χ4v) is 1.55. The molecule has 0 atom stereocenters. The molecule has 0 amide bonds. The molecule has 0 aromatic rings. The van der Waals surface area contributed by atoms with Gasteiger partial charge in [-0.2, -0.15) is 9.59 Å². The fourth-order valence-electron chi connectivity index (χ4n) is 1.55. The summed E-state index contributed by atoms with van der Waals surface area (Å²) >= 11 is 0. The molecule has 3 nitrogen and oxygen atoms in total. The molecular weight excluding hydrogens is 156 g/mol. The fraction of sp³-hybridized carbons (Fsp3) is 0.889. The second-order valence-corrected chi connectivity index (χ2v) is 3.17. The third kappa shape index (κ3) is 5.05. The molecule has 0 spiro atoms. The minimum Gasteiger partial charge on any atom is -0.393 e. The normalized spacial score (nSPS) is 28.2. The van der Waals surface area contributed by atoms with Crippen LogP contribution in [0.4, 0.5) is 0 Å². The Hall–Kier alpha value is -0.660. The monoisotopic (exact) mass is 172 g/mol. The first-order valence-electron chi connectivity index (χ1n) is 4.41. The summed E-state index contributed by atoms with van der Waals surface area (Å²) < 4.78 is 0. The lowest BCUT2D eigenvalue weighted by Gasteiger charge is -2.23. The van der Waals surface area contributed by atoms with Crippen LogP contribution in [0.3, 0.4) is 0 Å². The molecule has 1 saturated carbocycles. The summed E-state index contributed by atoms with van der Waals surface area (Å²) in [6.07, 6.45) is 6.15. The molecule has 1 rings (SSSR count). The van der Waals surface area contributed by atoms with Crippen molar-refractivity contribution in [3.8, 4) is 0 Å². The van der Waals surface area contributed by atoms with Gasteiger partial charge in [0.15, 0.2) is 0 Å². The number of hydrogen-bond donors (Lipinski definition) is 1. The molecule has 0 heterocycles. The average molecular weight is 172 g/mol. The Bertz CT molecular complexity index is 131. The SMILES string of the molecule is CCC1CCC(O)CC1.O=C=O. The summed E-state index contributed by atoms with van der Waals surface area (Å²) in [6, 6.07) is 0. The maximum Gasteiger partial charge on any atom is 0.373 e. The summed E-state index contributed by atoms with van der Waals surface area (Å²) in [5.41, 5.74) is 0. The number of rotatable bonds is 1. The van der Waals surface area contributed by atoms with E-state index in [2.05, 4.69) is 6.92 Å². The molecule has 1 fully saturated rings. The topological polar surface area (TPSA) is 54.4 Å². The van der Waals surface area contributed by atoms with Crippen molar-refractivity contribution in [3.05, 3.63) is 0 Å². The summed E-state index contributed by atoms with van der Waals surface area (Å²) in [5, 5.41) is 9.12. The van der Waals surface area contributed by atoms with E-state index >= 15 is 0 Å². The van der Waals surface area contributed by atoms with Gasteiger partial charge in [0.2, 0.25) is 0 Å². The van der Waals surface area contributed by atoms with Crippen molar-refractivity contribution in [2.45, 2.75) is 45.1 Å². The highest BCUT2D eigenvalue weighted by molar-refractivity contribution is 5.20. The molecule has 0 bridgehead atoms. The van der Waals surface area contributed by atoms with Crippen molar-refractivity contribution in [2.24, 2.45) is 5.92 Å². The van der Waals surface area contributed by atoms with Crippen molar-refractivity contribution in [1.29, 1.82) is 0 Å². The van der Waals surface area contributed by atoms with Crippen molar-refractivity contribution in [2.75, 3.05) is 0 Å². The lowest BCUT2D eigenvalue weighted by atomic mass is 9.86. The molecule has 0 radical (unpaired) electrons. The third-order valence-corrected chi connectivity index (χ3v) is 2.39. The van der Waals surface area contributed by atoms with E-state index in [4.69, 9.17) is 14.7 Å². The van der Waals surface area contributed by atoms with E-state index in [0.717, 1.165) is 18.8 Å². The Morgan fingerprint density at radius 1 is 1.25 bits per heavy atom. The maximum absolute atomic E-state index is 9.12. The Kier molecular flexibility index (Phi) is 6.63. The third-order valence-electron chi connectivity index (χ3n) is 2.39. The van der Waals surface area contributed by atoms with Gasteiger partial charge in [0.25, 0.3) is 0 Å². The second-order valence-electron chi connectivity index (χ2n) is 3.17. The molecule has 0 aliphatic heterocycles. The Balaban J connectivity index is 0.000000354. The quantitative estimate of drug-likeness (QED) is 0.649. The predicted octanol–water partition coefficient (Wildman–Crippen LogP) is 1.36. The highest BCUT2D eigenvalue weighted by atomic mass is 16.3. The molecule has 12 heavy (non-hydrogen) atoms. The molecule has 3 heteroatoms. The zero-order chi connectivity index (χ0) is 9.40. The summed E-state index contributed by atoms with van der Waals surface area (Å²) in [4.78, 5) is 16.2. The van der Waals surface area contributed by atoms with Crippen LogP contribution in [0.15, 0.2) is 0 Å². The molecule has 0 aromatic heterocycles. The van der Waals surface area contributed by atoms with Crippen molar-refractivity contribution in [1.82, 2.24) is 0 Å². The molecular formula is C9H16O3. The molecule has 1 aliphatic carbocycles. The Morgan fingerprint density at radius 2 is 1.67 bits per heavy atom. The van der Waals surface area contributed by atoms with Gasteiger partial charge < -0.3 is 5.11 Å². The zero-order valence-electron chi connectivity index (χ0n) is 7.45. The van der Waals surface area contributed by atoms with Gasteiger partial charge in [0.05, 0.1) is 6.10 Å². The first-order chi connectivity index (χ1) is 5.74. The number of aliphatic hydroxyl groups excluding tert-OH is 1. The van der Waals surface area contributed by atoms with E-state index in [1.807, 2.05) is 0 Å². The molecule has 1 aliphatic rings. The standard InChI is InChI=1S/C8H16O.CO2/c1-2-7-3-5-8(9)6-4-7;2-1-3/h7-9H,2-6H2,1H3;. The van der Waals surface area contributed by atoms with Crippen LogP contribution < -0.4 is 0 Å². The highest BCUT2D eigenvalue weighted by Gasteiger charge is 2.16. The van der Waals surface area contributed by atoms with Gasteiger partial charge in [-0.25, -0.2) is 0 Å². The largest absolute Gasteiger partial charge is 0.393 e. The highest BCUT2D eigenvalue weighted by Crippen LogP contribution is 2.25. The minimum atomic E-state index is 0.0211. The van der Waals surface area contributed by atoms with Crippen LogP contribution in [0.2, 0.25) is 0 Å². The van der Waals surface area contributed by atoms with Crippen LogP contribution in [-0.2, 0) is 9.59 Å². The molecule has 70 valence electrons. The second kappa shape index (κ2) is 7.01. The van der Waals surface area contributed by atoms with Crippen molar-refractivity contribution < 1.29 is 14.7 Å². The van der Waals surface area contributed by atoms with Crippen LogP contribution in [0.1, 0.15) is 39.0 Å². The van der Waals surface area contributed by atoms with Gasteiger partial charge in [-0.15, -0.1) is 0 Å². The first-order valence-corrected chi connectivity index (χ1v) is 4.41. The maximum atomic E-state index is 9.12. The number of aliphatic hydroxyl groups is 1. The van der Waals surface area contributed by atoms with Gasteiger partial charge in [-0.3, -0.25) is 0 Å². The Morgan fingerprint density at radius 3 is 2.00 bits per heavy atom. The molecule has 0 unspecified atom stereocenters. The van der Waals surface area contributed by atoms with Crippen molar-refractivity contribution >= 4 is 6.15 Å². The van der Waals surface area contributed by atoms with E-state index in [0.29, 0.717) is 0 Å². The predicted molar refractivity (Wildman–Crippen MR) is 43.3 cm³/mol. The van der Waals surface area contributed by atoms with Gasteiger partial charge in [0, 0.05) is 0 Å². The van der Waals surface area contributed by atoms with Gasteiger partial charge in [0.1, 0.15) is 0 Å². The van der Waals surface area contributed by atoms with E-state index < -0.39 is 0 Å². The first kappa shape index (κ1) is 11.3. The van der Waals surface area contributed by atoms with Gasteiger partial charge >= 0.3 is 6.15 Å². The van der Waals surface area contributed by atoms with Crippen LogP contribution in [0.25, 0.3) is 0 Å². The van der Waals surface area contributed by atoms with Crippen LogP contribution in [0, 0.1) is 5.92 Å². The summed E-state index contributed by atoms with van der Waals surface area (Å²) in [5.74, 6) is 0.911. The van der Waals surface area contributed by atoms with Crippen LogP contribution in [-0.4, -0.2) is 17.4 Å². The van der Waals surface area contributed by atoms with Crippen LogP contribution in [0.5, 0.6) is 0 Å². The lowest BCUT2D eigenvalue weighted by molar-refractivity contribution is -0.191. The van der Waals surface area contributed by atoms with E-state index in [1.54, 1.807) is 0 Å². The Labute approximate surface area is 72.8 Å². The van der Waals surface area contributed by atoms with E-state index in [1.165, 1.54) is 19.3 Å². The summed E-state index contributed by atoms with van der Waals surface area (Å²) in [7, 11) is 0. The average Bonchev–Trinajstić information content (AvgIpc) is 2.07. The number of carbonyl (C=O) groups excluding carboxylic acids is 2. The smallest absolute Gasteiger partial charge is 0.373 e. The molecule has 0 saturated heterocycles. The van der Waals surface area contributed by atoms with E-state index in [-0.39, 0.29) is 12.3 Å². The van der Waals surface area contributed by atoms with Gasteiger partial charge in [-0.1, -0.05) is 13.3 Å². The zero-order valence-corrected chi connectivity index (χ0v) is 7.45. The lowest BCUT2D eigenvalue weighted by Crippen LogP contribution is -2.17. The molecule has 1 N–H and O–H groups in total. The van der Waals surface area contributed by atoms with Crippen LogP contribution >= 0.6 is 0 Å². The van der Waals surface area contributed by atoms with Crippen molar-refractivity contribution in [3.63, 3.8) is 0 Å².